The van der Waals surface area contributed by atoms with Crippen molar-refractivity contribution in [2.45, 2.75) is 39.5 Å². The molecule has 0 bridgehead atoms. The monoisotopic (exact) mass is 311 g/mol. The van der Waals surface area contributed by atoms with Gasteiger partial charge in [0.05, 0.1) is 6.61 Å². The summed E-state index contributed by atoms with van der Waals surface area (Å²) in [7, 11) is 0. The fourth-order valence-electron chi connectivity index (χ4n) is 2.20. The third kappa shape index (κ3) is 6.15. The Kier molecular flexibility index (Phi) is 6.67. The van der Waals surface area contributed by atoms with Gasteiger partial charge in [-0.2, -0.15) is 0 Å². The van der Waals surface area contributed by atoms with E-state index in [4.69, 9.17) is 4.74 Å². The highest BCUT2D eigenvalue weighted by atomic mass is 16.5. The number of hydrogen-bond donors (Lipinski definition) is 1. The summed E-state index contributed by atoms with van der Waals surface area (Å²) >= 11 is 0. The molecular formula is C20H25NO2. The molecule has 2 aromatic rings. The third-order valence-corrected chi connectivity index (χ3v) is 3.67. The van der Waals surface area contributed by atoms with E-state index in [1.165, 1.54) is 11.1 Å². The van der Waals surface area contributed by atoms with Crippen molar-refractivity contribution < 1.29 is 9.53 Å². The lowest BCUT2D eigenvalue weighted by Crippen LogP contribution is -2.12. The fraction of sp³-hybridized carbons (Fsp3) is 0.350. The van der Waals surface area contributed by atoms with Crippen molar-refractivity contribution in [1.29, 1.82) is 0 Å². The van der Waals surface area contributed by atoms with Crippen molar-refractivity contribution >= 4 is 11.6 Å². The van der Waals surface area contributed by atoms with E-state index >= 15 is 0 Å². The Bertz CT molecular complexity index is 603. The van der Waals surface area contributed by atoms with Crippen molar-refractivity contribution in [3.63, 3.8) is 0 Å². The number of benzene rings is 2. The van der Waals surface area contributed by atoms with Crippen molar-refractivity contribution in [3.05, 3.63) is 59.7 Å². The average molecular weight is 311 g/mol. The Morgan fingerprint density at radius 3 is 2.39 bits per heavy atom. The van der Waals surface area contributed by atoms with Gasteiger partial charge in [-0.1, -0.05) is 43.2 Å². The summed E-state index contributed by atoms with van der Waals surface area (Å²) in [5, 5.41) is 2.92. The molecule has 0 aliphatic carbocycles. The highest BCUT2D eigenvalue weighted by Crippen LogP contribution is 2.16. The van der Waals surface area contributed by atoms with Crippen molar-refractivity contribution in [1.82, 2.24) is 0 Å². The average Bonchev–Trinajstić information content (AvgIpc) is 2.56. The normalized spacial score (nSPS) is 10.3. The lowest BCUT2D eigenvalue weighted by Gasteiger charge is -2.08. The number of aryl methyl sites for hydroxylation is 2. The Morgan fingerprint density at radius 1 is 1.04 bits per heavy atom. The van der Waals surface area contributed by atoms with Crippen molar-refractivity contribution in [3.8, 4) is 5.75 Å². The Labute approximate surface area is 138 Å². The van der Waals surface area contributed by atoms with Gasteiger partial charge >= 0.3 is 0 Å². The predicted molar refractivity (Wildman–Crippen MR) is 95.0 cm³/mol. The van der Waals surface area contributed by atoms with E-state index in [1.807, 2.05) is 24.3 Å². The van der Waals surface area contributed by atoms with Gasteiger partial charge in [0.15, 0.2) is 0 Å². The first-order chi connectivity index (χ1) is 11.2. The highest BCUT2D eigenvalue weighted by molar-refractivity contribution is 5.90. The maximum absolute atomic E-state index is 12.0. The van der Waals surface area contributed by atoms with Crippen LogP contribution >= 0.6 is 0 Å². The molecule has 0 aliphatic rings. The van der Waals surface area contributed by atoms with Crippen LogP contribution in [-0.2, 0) is 11.2 Å². The fourth-order valence-corrected chi connectivity index (χ4v) is 2.20. The lowest BCUT2D eigenvalue weighted by atomic mass is 10.1. The van der Waals surface area contributed by atoms with Crippen molar-refractivity contribution in [2.75, 3.05) is 11.9 Å². The van der Waals surface area contributed by atoms with E-state index in [0.29, 0.717) is 6.42 Å². The zero-order valence-corrected chi connectivity index (χ0v) is 14.0. The molecular weight excluding hydrogens is 286 g/mol. The number of carbonyl (C=O) groups excluding carboxylic acids is 1. The van der Waals surface area contributed by atoms with Gasteiger partial charge in [-0.15, -0.1) is 0 Å². The zero-order chi connectivity index (χ0) is 16.5. The minimum Gasteiger partial charge on any atom is -0.494 e. The van der Waals surface area contributed by atoms with Crippen LogP contribution in [0.1, 0.15) is 37.3 Å². The Balaban J connectivity index is 1.77. The molecule has 0 heterocycles. The number of rotatable bonds is 8. The second kappa shape index (κ2) is 8.99. The second-order valence-electron chi connectivity index (χ2n) is 5.76. The zero-order valence-electron chi connectivity index (χ0n) is 14.0. The van der Waals surface area contributed by atoms with Crippen LogP contribution in [-0.4, -0.2) is 12.5 Å². The molecule has 0 aliphatic heterocycles. The molecule has 0 spiro atoms. The molecule has 0 saturated heterocycles. The van der Waals surface area contributed by atoms with Crippen LogP contribution in [0.25, 0.3) is 0 Å². The van der Waals surface area contributed by atoms with Crippen LogP contribution < -0.4 is 10.1 Å². The Hall–Kier alpha value is -2.29. The number of anilines is 1. The van der Waals surface area contributed by atoms with E-state index in [2.05, 4.69) is 43.4 Å². The van der Waals surface area contributed by atoms with Crippen LogP contribution in [0, 0.1) is 6.92 Å². The van der Waals surface area contributed by atoms with Gasteiger partial charge in [0.25, 0.3) is 0 Å². The molecule has 0 fully saturated rings. The number of unbranched alkanes of at least 4 members (excludes halogenated alkanes) is 1. The largest absolute Gasteiger partial charge is 0.494 e. The van der Waals surface area contributed by atoms with Gasteiger partial charge < -0.3 is 10.1 Å². The predicted octanol–water partition coefficient (Wildman–Crippen LogP) is 4.75. The van der Waals surface area contributed by atoms with E-state index in [9.17, 15) is 4.79 Å². The summed E-state index contributed by atoms with van der Waals surface area (Å²) in [4.78, 5) is 12.0. The molecule has 122 valence electrons. The number of amides is 1. The SMILES string of the molecule is CCCCOc1ccc(NC(=O)CCc2ccc(C)cc2)cc1. The molecule has 0 aromatic heterocycles. The van der Waals surface area contributed by atoms with E-state index < -0.39 is 0 Å². The number of hydrogen-bond acceptors (Lipinski definition) is 2. The van der Waals surface area contributed by atoms with Gasteiger partial charge in [0.2, 0.25) is 5.91 Å². The summed E-state index contributed by atoms with van der Waals surface area (Å²) in [5.41, 5.74) is 3.23. The topological polar surface area (TPSA) is 38.3 Å². The quantitative estimate of drug-likeness (QED) is 0.715. The van der Waals surface area contributed by atoms with E-state index in [-0.39, 0.29) is 5.91 Å². The molecule has 2 aromatic carbocycles. The molecule has 0 atom stereocenters. The molecule has 0 radical (unpaired) electrons. The van der Waals surface area contributed by atoms with Gasteiger partial charge in [-0.05, 0) is 49.6 Å². The molecule has 1 N–H and O–H groups in total. The molecule has 23 heavy (non-hydrogen) atoms. The number of nitrogens with one attached hydrogen (secondary N) is 1. The van der Waals surface area contributed by atoms with Gasteiger partial charge in [-0.25, -0.2) is 0 Å². The molecule has 2 rings (SSSR count). The summed E-state index contributed by atoms with van der Waals surface area (Å²) < 4.78 is 5.61. The molecule has 3 heteroatoms. The Morgan fingerprint density at radius 2 is 1.74 bits per heavy atom. The standard InChI is InChI=1S/C20H25NO2/c1-3-4-15-23-19-12-10-18(11-13-19)21-20(22)14-9-17-7-5-16(2)6-8-17/h5-8,10-13H,3-4,9,14-15H2,1-2H3,(H,21,22). The number of carbonyl (C=O) groups is 1. The maximum Gasteiger partial charge on any atom is 0.224 e. The molecule has 0 unspecified atom stereocenters. The maximum atomic E-state index is 12.0. The highest BCUT2D eigenvalue weighted by Gasteiger charge is 2.04. The summed E-state index contributed by atoms with van der Waals surface area (Å²) in [6.45, 7) is 4.93. The summed E-state index contributed by atoms with van der Waals surface area (Å²) in [6, 6.07) is 15.8. The van der Waals surface area contributed by atoms with Crippen LogP contribution in [0.3, 0.4) is 0 Å². The first kappa shape index (κ1) is 17.1. The third-order valence-electron chi connectivity index (χ3n) is 3.67. The van der Waals surface area contributed by atoms with Crippen molar-refractivity contribution in [2.24, 2.45) is 0 Å². The van der Waals surface area contributed by atoms with Gasteiger partial charge in [0.1, 0.15) is 5.75 Å². The van der Waals surface area contributed by atoms with Crippen LogP contribution in [0.5, 0.6) is 5.75 Å². The smallest absolute Gasteiger partial charge is 0.224 e. The van der Waals surface area contributed by atoms with Crippen LogP contribution in [0.4, 0.5) is 5.69 Å². The van der Waals surface area contributed by atoms with E-state index in [0.717, 1.165) is 37.3 Å². The van der Waals surface area contributed by atoms with Crippen LogP contribution in [0.15, 0.2) is 48.5 Å². The van der Waals surface area contributed by atoms with Crippen LogP contribution in [0.2, 0.25) is 0 Å². The van der Waals surface area contributed by atoms with Gasteiger partial charge in [-0.3, -0.25) is 4.79 Å². The summed E-state index contributed by atoms with van der Waals surface area (Å²) in [6.07, 6.45) is 3.41. The van der Waals surface area contributed by atoms with E-state index in [1.54, 1.807) is 0 Å². The van der Waals surface area contributed by atoms with Gasteiger partial charge in [0, 0.05) is 12.1 Å². The first-order valence-electron chi connectivity index (χ1n) is 8.25. The minimum atomic E-state index is 0.0326. The second-order valence-corrected chi connectivity index (χ2v) is 5.76. The lowest BCUT2D eigenvalue weighted by molar-refractivity contribution is -0.116. The number of ether oxygens (including phenoxy) is 1. The summed E-state index contributed by atoms with van der Waals surface area (Å²) in [5.74, 6) is 0.876. The minimum absolute atomic E-state index is 0.0326. The molecule has 1 amide bonds. The molecule has 3 nitrogen and oxygen atoms in total. The molecule has 0 saturated carbocycles. The first-order valence-corrected chi connectivity index (χ1v) is 8.25.